The van der Waals surface area contributed by atoms with Crippen molar-refractivity contribution in [3.8, 4) is 0 Å². The van der Waals surface area contributed by atoms with Crippen molar-refractivity contribution < 1.29 is 13.2 Å². The van der Waals surface area contributed by atoms with Crippen LogP contribution in [-0.4, -0.2) is 31.7 Å². The topological polar surface area (TPSA) is 66.5 Å². The smallest absolute Gasteiger partial charge is 0.255 e. The second-order valence-corrected chi connectivity index (χ2v) is 9.56. The number of piperidine rings is 1. The summed E-state index contributed by atoms with van der Waals surface area (Å²) >= 11 is 0. The highest BCUT2D eigenvalue weighted by atomic mass is 32.2. The molecule has 6 heteroatoms. The highest BCUT2D eigenvalue weighted by Crippen LogP contribution is 2.24. The average Bonchev–Trinajstić information content (AvgIpc) is 2.74. The first-order chi connectivity index (χ1) is 13.9. The van der Waals surface area contributed by atoms with Crippen molar-refractivity contribution in [2.75, 3.05) is 18.4 Å². The van der Waals surface area contributed by atoms with E-state index in [1.807, 2.05) is 42.5 Å². The predicted octanol–water partition coefficient (Wildman–Crippen LogP) is 4.51. The van der Waals surface area contributed by atoms with Crippen molar-refractivity contribution in [2.24, 2.45) is 5.92 Å². The molecule has 150 valence electrons. The minimum absolute atomic E-state index is 0.231. The monoisotopic (exact) mass is 408 g/mol. The Hall–Kier alpha value is -2.70. The van der Waals surface area contributed by atoms with Crippen LogP contribution < -0.4 is 5.32 Å². The first kappa shape index (κ1) is 19.6. The first-order valence-corrected chi connectivity index (χ1v) is 11.3. The van der Waals surface area contributed by atoms with Crippen LogP contribution in [0.25, 0.3) is 10.8 Å². The number of nitrogens with zero attached hydrogens (tertiary/aromatic N) is 1. The van der Waals surface area contributed by atoms with Gasteiger partial charge in [0.1, 0.15) is 0 Å². The number of sulfonamides is 1. The number of nitrogens with one attached hydrogen (secondary N) is 1. The van der Waals surface area contributed by atoms with Gasteiger partial charge in [0.15, 0.2) is 0 Å². The van der Waals surface area contributed by atoms with Gasteiger partial charge in [0.2, 0.25) is 10.0 Å². The molecule has 3 aromatic rings. The Morgan fingerprint density at radius 2 is 1.59 bits per heavy atom. The van der Waals surface area contributed by atoms with E-state index in [2.05, 4.69) is 12.2 Å². The average molecular weight is 409 g/mol. The van der Waals surface area contributed by atoms with E-state index in [1.54, 1.807) is 12.1 Å². The number of hydrogen-bond donors (Lipinski definition) is 1. The van der Waals surface area contributed by atoms with Crippen LogP contribution in [0.15, 0.2) is 71.6 Å². The maximum Gasteiger partial charge on any atom is 0.255 e. The summed E-state index contributed by atoms with van der Waals surface area (Å²) < 4.78 is 27.2. The van der Waals surface area contributed by atoms with Crippen LogP contribution in [0.1, 0.15) is 30.1 Å². The van der Waals surface area contributed by atoms with Crippen LogP contribution in [0.4, 0.5) is 5.69 Å². The normalized spacial score (nSPS) is 16.0. The number of carbonyl (C=O) groups is 1. The number of hydrogen-bond acceptors (Lipinski definition) is 3. The zero-order chi connectivity index (χ0) is 20.4. The molecule has 0 unspecified atom stereocenters. The molecule has 5 nitrogen and oxygen atoms in total. The molecule has 1 aliphatic heterocycles. The van der Waals surface area contributed by atoms with Gasteiger partial charge < -0.3 is 5.32 Å². The van der Waals surface area contributed by atoms with Crippen LogP contribution >= 0.6 is 0 Å². The van der Waals surface area contributed by atoms with Crippen molar-refractivity contribution in [2.45, 2.75) is 24.7 Å². The van der Waals surface area contributed by atoms with Crippen LogP contribution in [-0.2, 0) is 10.0 Å². The molecule has 1 saturated heterocycles. The Morgan fingerprint density at radius 3 is 2.28 bits per heavy atom. The molecule has 1 amide bonds. The van der Waals surface area contributed by atoms with Crippen molar-refractivity contribution in [3.63, 3.8) is 0 Å². The number of benzene rings is 3. The SMILES string of the molecule is CC1CCN(S(=O)(=O)c2ccc(C(=O)Nc3ccc4ccccc4c3)cc2)CC1. The van der Waals surface area contributed by atoms with Gasteiger partial charge in [0, 0.05) is 24.3 Å². The van der Waals surface area contributed by atoms with Crippen molar-refractivity contribution in [1.29, 1.82) is 0 Å². The molecule has 1 heterocycles. The maximum absolute atomic E-state index is 12.8. The quantitative estimate of drug-likeness (QED) is 0.691. The largest absolute Gasteiger partial charge is 0.322 e. The standard InChI is InChI=1S/C23H24N2O3S/c1-17-12-14-25(15-13-17)29(27,28)22-10-7-19(8-11-22)23(26)24-21-9-6-18-4-2-3-5-20(18)16-21/h2-11,16-17H,12-15H2,1H3,(H,24,26). The van der Waals surface area contributed by atoms with Crippen LogP contribution in [0.3, 0.4) is 0 Å². The Labute approximate surface area is 171 Å². The lowest BCUT2D eigenvalue weighted by atomic mass is 10.0. The Morgan fingerprint density at radius 1 is 0.931 bits per heavy atom. The van der Waals surface area contributed by atoms with E-state index in [9.17, 15) is 13.2 Å². The van der Waals surface area contributed by atoms with Crippen molar-refractivity contribution >= 4 is 32.4 Å². The first-order valence-electron chi connectivity index (χ1n) is 9.84. The van der Waals surface area contributed by atoms with Crippen molar-refractivity contribution in [1.82, 2.24) is 4.31 Å². The third kappa shape index (κ3) is 4.18. The number of carbonyl (C=O) groups excluding carboxylic acids is 1. The highest BCUT2D eigenvalue weighted by Gasteiger charge is 2.28. The van der Waals surface area contributed by atoms with E-state index in [1.165, 1.54) is 16.4 Å². The molecule has 0 radical (unpaired) electrons. The van der Waals surface area contributed by atoms with Crippen LogP contribution in [0, 0.1) is 5.92 Å². The van der Waals surface area contributed by atoms with Gasteiger partial charge in [-0.05, 0) is 65.9 Å². The van der Waals surface area contributed by atoms with Gasteiger partial charge in [-0.3, -0.25) is 4.79 Å². The van der Waals surface area contributed by atoms with Gasteiger partial charge in [-0.25, -0.2) is 8.42 Å². The lowest BCUT2D eigenvalue weighted by molar-refractivity contribution is 0.102. The zero-order valence-electron chi connectivity index (χ0n) is 16.3. The molecule has 0 spiro atoms. The molecule has 1 N–H and O–H groups in total. The fraction of sp³-hybridized carbons (Fsp3) is 0.261. The summed E-state index contributed by atoms with van der Waals surface area (Å²) in [7, 11) is -3.51. The number of fused-ring (bicyclic) bond motifs is 1. The summed E-state index contributed by atoms with van der Waals surface area (Å²) in [4.78, 5) is 12.8. The Balaban J connectivity index is 1.48. The molecule has 0 atom stereocenters. The van der Waals surface area contributed by atoms with E-state index < -0.39 is 10.0 Å². The summed E-state index contributed by atoms with van der Waals surface area (Å²) in [5.41, 5.74) is 1.12. The van der Waals surface area contributed by atoms with Gasteiger partial charge in [0.25, 0.3) is 5.91 Å². The maximum atomic E-state index is 12.8. The summed E-state index contributed by atoms with van der Waals surface area (Å²) in [6.07, 6.45) is 1.76. The molecule has 0 bridgehead atoms. The fourth-order valence-electron chi connectivity index (χ4n) is 3.62. The van der Waals surface area contributed by atoms with Gasteiger partial charge >= 0.3 is 0 Å². The van der Waals surface area contributed by atoms with Gasteiger partial charge in [-0.1, -0.05) is 37.3 Å². The van der Waals surface area contributed by atoms with E-state index in [-0.39, 0.29) is 10.8 Å². The lowest BCUT2D eigenvalue weighted by Gasteiger charge is -2.29. The molecule has 0 aliphatic carbocycles. The van der Waals surface area contributed by atoms with Crippen molar-refractivity contribution in [3.05, 3.63) is 72.3 Å². The summed E-state index contributed by atoms with van der Waals surface area (Å²) in [6, 6.07) is 19.8. The summed E-state index contributed by atoms with van der Waals surface area (Å²) in [6.45, 7) is 3.24. The molecule has 4 rings (SSSR count). The molecule has 1 aliphatic rings. The van der Waals surface area contributed by atoms with Crippen LogP contribution in [0.2, 0.25) is 0 Å². The van der Waals surface area contributed by atoms with E-state index in [0.29, 0.717) is 30.3 Å². The molecule has 1 fully saturated rings. The fourth-order valence-corrected chi connectivity index (χ4v) is 5.09. The molecular weight excluding hydrogens is 384 g/mol. The molecule has 0 saturated carbocycles. The summed E-state index contributed by atoms with van der Waals surface area (Å²) in [5, 5.41) is 5.03. The number of amides is 1. The van der Waals surface area contributed by atoms with Gasteiger partial charge in [-0.15, -0.1) is 0 Å². The Kier molecular flexibility index (Phi) is 5.39. The third-order valence-electron chi connectivity index (χ3n) is 5.50. The number of anilines is 1. The predicted molar refractivity (Wildman–Crippen MR) is 116 cm³/mol. The highest BCUT2D eigenvalue weighted by molar-refractivity contribution is 7.89. The molecular formula is C23H24N2O3S. The van der Waals surface area contributed by atoms with E-state index in [4.69, 9.17) is 0 Å². The molecule has 29 heavy (non-hydrogen) atoms. The second-order valence-electron chi connectivity index (χ2n) is 7.63. The van der Waals surface area contributed by atoms with Crippen LogP contribution in [0.5, 0.6) is 0 Å². The van der Waals surface area contributed by atoms with Gasteiger partial charge in [0.05, 0.1) is 4.90 Å². The molecule has 3 aromatic carbocycles. The molecule has 0 aromatic heterocycles. The minimum Gasteiger partial charge on any atom is -0.322 e. The zero-order valence-corrected chi connectivity index (χ0v) is 17.2. The summed E-state index contributed by atoms with van der Waals surface area (Å²) in [5.74, 6) is 0.290. The van der Waals surface area contributed by atoms with E-state index in [0.717, 1.165) is 23.6 Å². The Bertz CT molecular complexity index is 1130. The van der Waals surface area contributed by atoms with Gasteiger partial charge in [-0.2, -0.15) is 4.31 Å². The lowest BCUT2D eigenvalue weighted by Crippen LogP contribution is -2.37. The number of rotatable bonds is 4. The third-order valence-corrected chi connectivity index (χ3v) is 7.42. The van der Waals surface area contributed by atoms with E-state index >= 15 is 0 Å². The second kappa shape index (κ2) is 7.97. The minimum atomic E-state index is -3.51.